The Balaban J connectivity index is 1.47. The van der Waals surface area contributed by atoms with E-state index in [1.54, 1.807) is 4.90 Å². The van der Waals surface area contributed by atoms with Crippen LogP contribution >= 0.6 is 11.3 Å². The molecule has 0 bridgehead atoms. The van der Waals surface area contributed by atoms with Crippen molar-refractivity contribution in [1.29, 1.82) is 0 Å². The molecule has 0 radical (unpaired) electrons. The number of hydrogen-bond donors (Lipinski definition) is 1. The van der Waals surface area contributed by atoms with Crippen LogP contribution in [-0.2, 0) is 4.79 Å². The number of amides is 4. The molecule has 0 saturated carbocycles. The Morgan fingerprint density at radius 2 is 2.00 bits per heavy atom. The zero-order valence-corrected chi connectivity index (χ0v) is 17.4. The smallest absolute Gasteiger partial charge is 0.325 e. The molecule has 7 nitrogen and oxygen atoms in total. The number of thiophene rings is 1. The number of rotatable bonds is 3. The molecule has 8 heteroatoms. The van der Waals surface area contributed by atoms with Crippen LogP contribution in [0.2, 0.25) is 0 Å². The highest BCUT2D eigenvalue weighted by Gasteiger charge is 2.54. The lowest BCUT2D eigenvalue weighted by Crippen LogP contribution is -2.56. The van der Waals surface area contributed by atoms with Crippen LogP contribution in [0.5, 0.6) is 0 Å². The second-order valence-electron chi connectivity index (χ2n) is 8.08. The maximum absolute atomic E-state index is 13.3. The van der Waals surface area contributed by atoms with Crippen LogP contribution in [0.1, 0.15) is 47.2 Å². The van der Waals surface area contributed by atoms with Crippen molar-refractivity contribution in [3.8, 4) is 0 Å². The molecule has 3 aliphatic heterocycles. The predicted octanol–water partition coefficient (Wildman–Crippen LogP) is 2.07. The molecular formula is C20H28N4O3S. The number of carbonyl (C=O) groups excluding carboxylic acids is 3. The summed E-state index contributed by atoms with van der Waals surface area (Å²) in [5, 5.41) is 3.00. The first kappa shape index (κ1) is 19.4. The monoisotopic (exact) mass is 404 g/mol. The average Bonchev–Trinajstić information content (AvgIpc) is 3.23. The van der Waals surface area contributed by atoms with Gasteiger partial charge in [-0.05, 0) is 51.3 Å². The van der Waals surface area contributed by atoms with Crippen LogP contribution < -0.4 is 5.32 Å². The van der Waals surface area contributed by atoms with E-state index in [9.17, 15) is 14.4 Å². The molecule has 4 heterocycles. The van der Waals surface area contributed by atoms with E-state index in [4.69, 9.17) is 0 Å². The van der Waals surface area contributed by atoms with Gasteiger partial charge in [0.25, 0.3) is 11.8 Å². The minimum atomic E-state index is -0.750. The van der Waals surface area contributed by atoms with Gasteiger partial charge in [0.1, 0.15) is 5.54 Å². The lowest BCUT2D eigenvalue weighted by Gasteiger charge is -2.38. The molecule has 0 aromatic carbocycles. The summed E-state index contributed by atoms with van der Waals surface area (Å²) in [6, 6.07) is 3.27. The Labute approximate surface area is 169 Å². The zero-order valence-electron chi connectivity index (χ0n) is 16.6. The quantitative estimate of drug-likeness (QED) is 0.783. The summed E-state index contributed by atoms with van der Waals surface area (Å²) in [7, 11) is 0. The van der Waals surface area contributed by atoms with Crippen molar-refractivity contribution in [3.63, 3.8) is 0 Å². The molecule has 1 aromatic rings. The van der Waals surface area contributed by atoms with E-state index < -0.39 is 5.54 Å². The van der Waals surface area contributed by atoms with Gasteiger partial charge in [0.15, 0.2) is 0 Å². The number of imide groups is 1. The first-order valence-electron chi connectivity index (χ1n) is 10.2. The molecule has 3 saturated heterocycles. The lowest BCUT2D eigenvalue weighted by molar-refractivity contribution is -0.135. The predicted molar refractivity (Wildman–Crippen MR) is 107 cm³/mol. The van der Waals surface area contributed by atoms with Gasteiger partial charge < -0.3 is 15.1 Å². The van der Waals surface area contributed by atoms with Crippen LogP contribution in [-0.4, -0.2) is 76.8 Å². The van der Waals surface area contributed by atoms with Gasteiger partial charge in [0.05, 0.1) is 10.9 Å². The summed E-state index contributed by atoms with van der Waals surface area (Å²) in [6.07, 6.45) is 2.87. The minimum absolute atomic E-state index is 0.000760. The van der Waals surface area contributed by atoms with Crippen molar-refractivity contribution in [2.45, 2.75) is 51.1 Å². The fraction of sp³-hybridized carbons (Fsp3) is 0.650. The van der Waals surface area contributed by atoms with Crippen molar-refractivity contribution in [2.24, 2.45) is 0 Å². The van der Waals surface area contributed by atoms with Gasteiger partial charge in [0, 0.05) is 31.1 Å². The molecule has 0 aliphatic carbocycles. The van der Waals surface area contributed by atoms with Crippen LogP contribution in [0.3, 0.4) is 0 Å². The summed E-state index contributed by atoms with van der Waals surface area (Å²) < 4.78 is 0. The number of hydrogen-bond acceptors (Lipinski definition) is 5. The fourth-order valence-corrected chi connectivity index (χ4v) is 5.45. The van der Waals surface area contributed by atoms with Crippen LogP contribution in [0.25, 0.3) is 0 Å². The molecule has 1 spiro atoms. The third kappa shape index (κ3) is 3.33. The second kappa shape index (κ2) is 7.48. The van der Waals surface area contributed by atoms with Crippen LogP contribution in [0, 0.1) is 6.92 Å². The number of urea groups is 1. The van der Waals surface area contributed by atoms with E-state index in [1.165, 1.54) is 16.2 Å². The molecular weight excluding hydrogens is 376 g/mol. The normalized spacial score (nSPS) is 25.4. The lowest BCUT2D eigenvalue weighted by atomic mass is 9.87. The second-order valence-corrected chi connectivity index (χ2v) is 9.37. The Morgan fingerprint density at radius 1 is 1.25 bits per heavy atom. The maximum Gasteiger partial charge on any atom is 0.325 e. The van der Waals surface area contributed by atoms with Gasteiger partial charge in [-0.15, -0.1) is 11.3 Å². The van der Waals surface area contributed by atoms with E-state index in [2.05, 4.69) is 17.1 Å². The highest BCUT2D eigenvalue weighted by Crippen LogP contribution is 2.32. The number of nitrogens with one attached hydrogen (secondary N) is 1. The summed E-state index contributed by atoms with van der Waals surface area (Å²) >= 11 is 1.49. The maximum atomic E-state index is 13.3. The van der Waals surface area contributed by atoms with E-state index >= 15 is 0 Å². The molecule has 0 unspecified atom stereocenters. The van der Waals surface area contributed by atoms with E-state index in [0.717, 1.165) is 42.2 Å². The summed E-state index contributed by atoms with van der Waals surface area (Å²) in [6.45, 7) is 7.80. The van der Waals surface area contributed by atoms with Gasteiger partial charge in [-0.25, -0.2) is 4.79 Å². The van der Waals surface area contributed by atoms with Gasteiger partial charge in [0.2, 0.25) is 0 Å². The minimum Gasteiger partial charge on any atom is -0.336 e. The number of likely N-dealkylation sites (tertiary alicyclic amines) is 2. The molecule has 4 rings (SSSR count). The molecule has 3 fully saturated rings. The summed E-state index contributed by atoms with van der Waals surface area (Å²) in [5.41, 5.74) is -0.750. The highest BCUT2D eigenvalue weighted by molar-refractivity contribution is 7.13. The van der Waals surface area contributed by atoms with E-state index in [1.807, 2.05) is 19.1 Å². The van der Waals surface area contributed by atoms with Crippen LogP contribution in [0.4, 0.5) is 4.79 Å². The number of carbonyl (C=O) groups is 3. The SMILES string of the molecule is CCN1CCC2(CC1)NC(=O)N([C@@H]1CCCN(C(=O)c3ccc(C)s3)C1)C2=O. The molecule has 1 aromatic heterocycles. The number of piperidine rings is 2. The average molecular weight is 405 g/mol. The molecule has 1 N–H and O–H groups in total. The van der Waals surface area contributed by atoms with Gasteiger partial charge in [-0.1, -0.05) is 6.92 Å². The first-order valence-corrected chi connectivity index (χ1v) is 11.0. The standard InChI is InChI=1S/C20H28N4O3S/c1-3-22-11-8-20(9-12-22)18(26)24(19(27)21-20)15-5-4-10-23(13-15)17(25)16-7-6-14(2)28-16/h6-7,15H,3-5,8-13H2,1-2H3,(H,21,27)/t15-/m1/s1. The van der Waals surface area contributed by atoms with E-state index in [0.29, 0.717) is 25.9 Å². The molecule has 1 atom stereocenters. The Morgan fingerprint density at radius 3 is 2.64 bits per heavy atom. The van der Waals surface area contributed by atoms with Crippen molar-refractivity contribution in [3.05, 3.63) is 21.9 Å². The zero-order chi connectivity index (χ0) is 19.9. The Bertz CT molecular complexity index is 784. The van der Waals surface area contributed by atoms with E-state index in [-0.39, 0.29) is 23.9 Å². The highest BCUT2D eigenvalue weighted by atomic mass is 32.1. The number of nitrogens with zero attached hydrogens (tertiary/aromatic N) is 3. The van der Waals surface area contributed by atoms with Crippen molar-refractivity contribution in [1.82, 2.24) is 20.0 Å². The largest absolute Gasteiger partial charge is 0.336 e. The van der Waals surface area contributed by atoms with Crippen LogP contribution in [0.15, 0.2) is 12.1 Å². The van der Waals surface area contributed by atoms with Crippen molar-refractivity contribution < 1.29 is 14.4 Å². The first-order chi connectivity index (χ1) is 13.4. The topological polar surface area (TPSA) is 73.0 Å². The Hall–Kier alpha value is -1.93. The molecule has 4 amide bonds. The molecule has 28 heavy (non-hydrogen) atoms. The van der Waals surface area contributed by atoms with Gasteiger partial charge >= 0.3 is 6.03 Å². The molecule has 3 aliphatic rings. The van der Waals surface area contributed by atoms with Gasteiger partial charge in [-0.3, -0.25) is 14.5 Å². The molecule has 152 valence electrons. The third-order valence-corrected chi connectivity index (χ3v) is 7.34. The van der Waals surface area contributed by atoms with Crippen molar-refractivity contribution >= 4 is 29.2 Å². The fourth-order valence-electron chi connectivity index (χ4n) is 4.62. The van der Waals surface area contributed by atoms with Crippen molar-refractivity contribution in [2.75, 3.05) is 32.7 Å². The summed E-state index contributed by atoms with van der Waals surface area (Å²) in [5.74, 6) is -0.0969. The number of aryl methyl sites for hydroxylation is 1. The third-order valence-electron chi connectivity index (χ3n) is 6.35. The summed E-state index contributed by atoms with van der Waals surface area (Å²) in [4.78, 5) is 46.2. The van der Waals surface area contributed by atoms with Gasteiger partial charge in [-0.2, -0.15) is 0 Å². The Kier molecular flexibility index (Phi) is 5.18.